The molecule has 0 aliphatic heterocycles. The number of ether oxygens (including phenoxy) is 1. The Balaban J connectivity index is 1.98. The molecule has 0 aliphatic carbocycles. The number of para-hydroxylation sites is 1. The molecule has 0 spiro atoms. The molecular weight excluding hydrogens is 368 g/mol. The molecule has 0 saturated heterocycles. The van der Waals surface area contributed by atoms with Crippen molar-refractivity contribution in [2.24, 2.45) is 5.92 Å². The summed E-state index contributed by atoms with van der Waals surface area (Å²) < 4.78 is 6.88. The van der Waals surface area contributed by atoms with E-state index in [0.717, 1.165) is 18.8 Å². The van der Waals surface area contributed by atoms with Gasteiger partial charge in [0.15, 0.2) is 0 Å². The van der Waals surface area contributed by atoms with E-state index in [1.54, 1.807) is 0 Å². The molecule has 7 heteroatoms. The molecule has 1 amide bonds. The predicted molar refractivity (Wildman–Crippen MR) is 114 cm³/mol. The fourth-order valence-electron chi connectivity index (χ4n) is 3.26. The van der Waals surface area contributed by atoms with E-state index in [-0.39, 0.29) is 29.7 Å². The Labute approximate surface area is 172 Å². The minimum atomic E-state index is -0.277. The van der Waals surface area contributed by atoms with Crippen LogP contribution in [0, 0.1) is 5.92 Å². The van der Waals surface area contributed by atoms with Crippen molar-refractivity contribution < 1.29 is 9.53 Å². The molecule has 1 aromatic heterocycles. The number of likely N-dealkylation sites (N-methyl/N-ethyl adjacent to an activating group) is 1. The third-order valence-corrected chi connectivity index (χ3v) is 4.94. The molecule has 0 aliphatic rings. The van der Waals surface area contributed by atoms with Crippen LogP contribution in [0.25, 0.3) is 0 Å². The lowest BCUT2D eigenvalue weighted by Gasteiger charge is -2.32. The predicted octanol–water partition coefficient (Wildman–Crippen LogP) is 2.42. The Morgan fingerprint density at radius 1 is 1.14 bits per heavy atom. The molecule has 1 atom stereocenters. The zero-order valence-electron chi connectivity index (χ0n) is 17.8. The van der Waals surface area contributed by atoms with Gasteiger partial charge >= 0.3 is 0 Å². The molecule has 2 aromatic rings. The molecule has 0 fully saturated rings. The zero-order chi connectivity index (χ0) is 21.2. The summed E-state index contributed by atoms with van der Waals surface area (Å²) in [5.41, 5.74) is -0.0345. The molecule has 0 bridgehead atoms. The van der Waals surface area contributed by atoms with Gasteiger partial charge in [-0.3, -0.25) is 14.5 Å². The van der Waals surface area contributed by atoms with Gasteiger partial charge in [0, 0.05) is 18.7 Å². The van der Waals surface area contributed by atoms with Crippen molar-refractivity contribution in [3.8, 4) is 5.75 Å². The van der Waals surface area contributed by atoms with Crippen LogP contribution in [-0.4, -0.2) is 52.9 Å². The van der Waals surface area contributed by atoms with Gasteiger partial charge in [-0.15, -0.1) is 0 Å². The van der Waals surface area contributed by atoms with E-state index in [9.17, 15) is 9.59 Å². The monoisotopic (exact) mass is 400 g/mol. The van der Waals surface area contributed by atoms with Crippen LogP contribution in [0.15, 0.2) is 47.3 Å². The number of carbonyl (C=O) groups excluding carboxylic acids is 1. The highest BCUT2D eigenvalue weighted by Gasteiger charge is 2.21. The fourth-order valence-corrected chi connectivity index (χ4v) is 3.26. The third-order valence-electron chi connectivity index (χ3n) is 4.94. The number of nitrogens with zero attached hydrogens (tertiary/aromatic N) is 3. The van der Waals surface area contributed by atoms with Crippen LogP contribution in [0.1, 0.15) is 38.2 Å². The Hall–Kier alpha value is -2.67. The lowest BCUT2D eigenvalue weighted by molar-refractivity contribution is 0.0913. The minimum absolute atomic E-state index is 0.228. The summed E-state index contributed by atoms with van der Waals surface area (Å²) in [6.45, 7) is 11.5. The van der Waals surface area contributed by atoms with Crippen molar-refractivity contribution in [3.05, 3.63) is 58.5 Å². The minimum Gasteiger partial charge on any atom is -0.492 e. The smallest absolute Gasteiger partial charge is 0.271 e. The molecule has 158 valence electrons. The fraction of sp³-hybridized carbons (Fsp3) is 0.500. The number of benzene rings is 1. The van der Waals surface area contributed by atoms with Gasteiger partial charge in [0.25, 0.3) is 11.5 Å². The van der Waals surface area contributed by atoms with Gasteiger partial charge < -0.3 is 10.1 Å². The van der Waals surface area contributed by atoms with E-state index >= 15 is 0 Å². The first-order valence-electron chi connectivity index (χ1n) is 10.2. The van der Waals surface area contributed by atoms with E-state index in [2.05, 4.69) is 43.0 Å². The largest absolute Gasteiger partial charge is 0.492 e. The van der Waals surface area contributed by atoms with Gasteiger partial charge in [-0.2, -0.15) is 5.10 Å². The summed E-state index contributed by atoms with van der Waals surface area (Å²) >= 11 is 0. The van der Waals surface area contributed by atoms with Crippen molar-refractivity contribution in [2.75, 3.05) is 26.2 Å². The average Bonchev–Trinajstić information content (AvgIpc) is 2.72. The van der Waals surface area contributed by atoms with Crippen LogP contribution in [0.3, 0.4) is 0 Å². The quantitative estimate of drug-likeness (QED) is 0.627. The van der Waals surface area contributed by atoms with E-state index < -0.39 is 0 Å². The van der Waals surface area contributed by atoms with Gasteiger partial charge in [-0.1, -0.05) is 45.9 Å². The molecule has 1 unspecified atom stereocenters. The molecular formula is C22H32N4O3. The van der Waals surface area contributed by atoms with Crippen molar-refractivity contribution in [1.82, 2.24) is 20.0 Å². The number of carbonyl (C=O) groups is 1. The van der Waals surface area contributed by atoms with Gasteiger partial charge in [0.1, 0.15) is 18.1 Å². The number of amides is 1. The summed E-state index contributed by atoms with van der Waals surface area (Å²) in [7, 11) is 0. The van der Waals surface area contributed by atoms with Crippen LogP contribution in [0.5, 0.6) is 5.75 Å². The number of rotatable bonds is 11. The SMILES string of the molecule is CCN(CC)C(CNC(=O)c1ccc(=O)n(CCOc2ccccc2)n1)C(C)C. The van der Waals surface area contributed by atoms with E-state index in [4.69, 9.17) is 4.74 Å². The maximum absolute atomic E-state index is 12.6. The number of nitrogens with one attached hydrogen (secondary N) is 1. The van der Waals surface area contributed by atoms with Crippen LogP contribution in [-0.2, 0) is 6.54 Å². The average molecular weight is 401 g/mol. The second-order valence-corrected chi connectivity index (χ2v) is 7.18. The number of aromatic nitrogens is 2. The molecule has 1 heterocycles. The lowest BCUT2D eigenvalue weighted by atomic mass is 10.0. The standard InChI is InChI=1S/C22H32N4O3/c1-5-25(6-2)20(17(3)4)16-23-22(28)19-12-13-21(27)26(24-19)14-15-29-18-10-8-7-9-11-18/h7-13,17,20H,5-6,14-16H2,1-4H3,(H,23,28). The van der Waals surface area contributed by atoms with Gasteiger partial charge in [-0.25, -0.2) is 4.68 Å². The van der Waals surface area contributed by atoms with Crippen LogP contribution in [0.4, 0.5) is 0 Å². The highest BCUT2D eigenvalue weighted by Crippen LogP contribution is 2.10. The molecule has 29 heavy (non-hydrogen) atoms. The molecule has 1 aromatic carbocycles. The highest BCUT2D eigenvalue weighted by molar-refractivity contribution is 5.92. The molecule has 7 nitrogen and oxygen atoms in total. The second-order valence-electron chi connectivity index (χ2n) is 7.18. The first kappa shape index (κ1) is 22.6. The Morgan fingerprint density at radius 3 is 2.45 bits per heavy atom. The lowest BCUT2D eigenvalue weighted by Crippen LogP contribution is -2.47. The van der Waals surface area contributed by atoms with Crippen molar-refractivity contribution in [2.45, 2.75) is 40.3 Å². The topological polar surface area (TPSA) is 76.5 Å². The van der Waals surface area contributed by atoms with Crippen LogP contribution >= 0.6 is 0 Å². The second kappa shape index (κ2) is 11.4. The van der Waals surface area contributed by atoms with Crippen molar-refractivity contribution in [1.29, 1.82) is 0 Å². The van der Waals surface area contributed by atoms with E-state index in [0.29, 0.717) is 19.1 Å². The molecule has 0 saturated carbocycles. The Bertz CT molecular complexity index is 816. The maximum atomic E-state index is 12.6. The van der Waals surface area contributed by atoms with E-state index in [1.165, 1.54) is 16.8 Å². The summed E-state index contributed by atoms with van der Waals surface area (Å²) in [6.07, 6.45) is 0. The molecule has 1 N–H and O–H groups in total. The molecule has 2 rings (SSSR count). The van der Waals surface area contributed by atoms with Crippen LogP contribution < -0.4 is 15.6 Å². The zero-order valence-corrected chi connectivity index (χ0v) is 17.8. The van der Waals surface area contributed by atoms with Crippen molar-refractivity contribution >= 4 is 5.91 Å². The van der Waals surface area contributed by atoms with E-state index in [1.807, 2.05) is 30.3 Å². The summed E-state index contributed by atoms with van der Waals surface area (Å²) in [4.78, 5) is 27.0. The Morgan fingerprint density at radius 2 is 1.83 bits per heavy atom. The first-order chi connectivity index (χ1) is 14.0. The van der Waals surface area contributed by atoms with Gasteiger partial charge in [0.2, 0.25) is 0 Å². The third kappa shape index (κ3) is 6.71. The highest BCUT2D eigenvalue weighted by atomic mass is 16.5. The molecule has 0 radical (unpaired) electrons. The summed E-state index contributed by atoms with van der Waals surface area (Å²) in [5, 5.41) is 7.18. The maximum Gasteiger partial charge on any atom is 0.271 e. The van der Waals surface area contributed by atoms with Crippen LogP contribution in [0.2, 0.25) is 0 Å². The number of hydrogen-bond donors (Lipinski definition) is 1. The number of hydrogen-bond acceptors (Lipinski definition) is 5. The summed E-state index contributed by atoms with van der Waals surface area (Å²) in [5.74, 6) is 0.860. The normalized spacial score (nSPS) is 12.2. The Kier molecular flexibility index (Phi) is 8.86. The van der Waals surface area contributed by atoms with Gasteiger partial charge in [-0.05, 0) is 37.2 Å². The van der Waals surface area contributed by atoms with Crippen molar-refractivity contribution in [3.63, 3.8) is 0 Å². The first-order valence-corrected chi connectivity index (χ1v) is 10.2. The van der Waals surface area contributed by atoms with Gasteiger partial charge in [0.05, 0.1) is 6.54 Å². The summed E-state index contributed by atoms with van der Waals surface area (Å²) in [6, 6.07) is 12.5.